The van der Waals surface area contributed by atoms with E-state index in [2.05, 4.69) is 10.3 Å². The van der Waals surface area contributed by atoms with Gasteiger partial charge < -0.3 is 11.1 Å². The van der Waals surface area contributed by atoms with Crippen LogP contribution in [-0.4, -0.2) is 17.2 Å². The average Bonchev–Trinajstić information content (AvgIpc) is 2.86. The molecule has 0 saturated carbocycles. The molecule has 1 aromatic carbocycles. The SMILES string of the molecule is C[C@H](Nc1nc(-c2ccc(CN)cc2)cs1)C(F)(F)F. The molecule has 0 aliphatic rings. The summed E-state index contributed by atoms with van der Waals surface area (Å²) in [5.41, 5.74) is 8.00. The molecule has 7 heteroatoms. The van der Waals surface area contributed by atoms with Gasteiger partial charge in [0, 0.05) is 17.5 Å². The molecule has 2 aromatic rings. The second-order valence-corrected chi connectivity index (χ2v) is 5.20. The molecule has 0 aliphatic heterocycles. The van der Waals surface area contributed by atoms with Crippen molar-refractivity contribution < 1.29 is 13.2 Å². The lowest BCUT2D eigenvalue weighted by molar-refractivity contribution is -0.138. The summed E-state index contributed by atoms with van der Waals surface area (Å²) in [4.78, 5) is 4.17. The number of hydrogen-bond donors (Lipinski definition) is 2. The molecule has 2 rings (SSSR count). The van der Waals surface area contributed by atoms with E-state index in [9.17, 15) is 13.2 Å². The van der Waals surface area contributed by atoms with Gasteiger partial charge in [0.05, 0.1) is 5.69 Å². The Morgan fingerprint density at radius 2 is 1.95 bits per heavy atom. The van der Waals surface area contributed by atoms with Gasteiger partial charge in [0.25, 0.3) is 0 Å². The summed E-state index contributed by atoms with van der Waals surface area (Å²) in [7, 11) is 0. The van der Waals surface area contributed by atoms with Crippen LogP contribution in [0.5, 0.6) is 0 Å². The first-order chi connectivity index (χ1) is 9.40. The van der Waals surface area contributed by atoms with Gasteiger partial charge in [-0.1, -0.05) is 24.3 Å². The lowest BCUT2D eigenvalue weighted by Gasteiger charge is -2.16. The van der Waals surface area contributed by atoms with Crippen LogP contribution in [0, 0.1) is 0 Å². The van der Waals surface area contributed by atoms with Crippen LogP contribution in [0.2, 0.25) is 0 Å². The van der Waals surface area contributed by atoms with E-state index in [-0.39, 0.29) is 5.13 Å². The molecular weight excluding hydrogens is 287 g/mol. The van der Waals surface area contributed by atoms with Gasteiger partial charge in [-0.2, -0.15) is 13.2 Å². The quantitative estimate of drug-likeness (QED) is 0.906. The fraction of sp³-hybridized carbons (Fsp3) is 0.308. The molecule has 0 radical (unpaired) electrons. The average molecular weight is 301 g/mol. The van der Waals surface area contributed by atoms with Gasteiger partial charge in [-0.3, -0.25) is 0 Å². The van der Waals surface area contributed by atoms with Crippen molar-refractivity contribution >= 4 is 16.5 Å². The van der Waals surface area contributed by atoms with Crippen molar-refractivity contribution in [1.29, 1.82) is 0 Å². The summed E-state index contributed by atoms with van der Waals surface area (Å²) in [5, 5.41) is 4.34. The Bertz CT molecular complexity index is 563. The smallest absolute Gasteiger partial charge is 0.350 e. The molecule has 1 aromatic heterocycles. The topological polar surface area (TPSA) is 50.9 Å². The number of aromatic nitrogens is 1. The zero-order chi connectivity index (χ0) is 14.8. The Morgan fingerprint density at radius 1 is 1.30 bits per heavy atom. The predicted molar refractivity (Wildman–Crippen MR) is 74.6 cm³/mol. The van der Waals surface area contributed by atoms with Crippen LogP contribution in [0.1, 0.15) is 12.5 Å². The zero-order valence-electron chi connectivity index (χ0n) is 10.7. The second kappa shape index (κ2) is 5.80. The summed E-state index contributed by atoms with van der Waals surface area (Å²) in [6.45, 7) is 1.52. The summed E-state index contributed by atoms with van der Waals surface area (Å²) in [6.07, 6.45) is -4.28. The molecular formula is C13H14F3N3S. The summed E-state index contributed by atoms with van der Waals surface area (Å²) in [6, 6.07) is 5.84. The highest BCUT2D eigenvalue weighted by Gasteiger charge is 2.36. The first-order valence-corrected chi connectivity index (χ1v) is 6.86. The minimum atomic E-state index is -4.28. The largest absolute Gasteiger partial charge is 0.408 e. The van der Waals surface area contributed by atoms with E-state index in [0.717, 1.165) is 29.4 Å². The highest BCUT2D eigenvalue weighted by atomic mass is 32.1. The number of nitrogens with one attached hydrogen (secondary N) is 1. The summed E-state index contributed by atoms with van der Waals surface area (Å²) < 4.78 is 37.4. The molecule has 0 saturated heterocycles. The van der Waals surface area contributed by atoms with E-state index in [1.54, 1.807) is 5.38 Å². The minimum Gasteiger partial charge on any atom is -0.350 e. The molecule has 3 nitrogen and oxygen atoms in total. The second-order valence-electron chi connectivity index (χ2n) is 4.35. The number of thiazole rings is 1. The summed E-state index contributed by atoms with van der Waals surface area (Å²) >= 11 is 1.15. The standard InChI is InChI=1S/C13H14F3N3S/c1-8(13(14,15)16)18-12-19-11(7-20-12)10-4-2-9(6-17)3-5-10/h2-5,7-8H,6,17H2,1H3,(H,18,19)/t8-/m0/s1. The normalized spacial score (nSPS) is 13.2. The Morgan fingerprint density at radius 3 is 2.50 bits per heavy atom. The number of nitrogens with zero attached hydrogens (tertiary/aromatic N) is 1. The number of alkyl halides is 3. The van der Waals surface area contributed by atoms with Crippen molar-refractivity contribution in [3.05, 3.63) is 35.2 Å². The van der Waals surface area contributed by atoms with Crippen LogP contribution in [0.25, 0.3) is 11.3 Å². The van der Waals surface area contributed by atoms with E-state index in [0.29, 0.717) is 12.2 Å². The number of anilines is 1. The number of benzene rings is 1. The van der Waals surface area contributed by atoms with Crippen molar-refractivity contribution in [3.8, 4) is 11.3 Å². The molecule has 0 unspecified atom stereocenters. The van der Waals surface area contributed by atoms with E-state index in [4.69, 9.17) is 5.73 Å². The maximum Gasteiger partial charge on any atom is 0.408 e. The van der Waals surface area contributed by atoms with Crippen LogP contribution >= 0.6 is 11.3 Å². The van der Waals surface area contributed by atoms with Gasteiger partial charge in [-0.05, 0) is 12.5 Å². The third kappa shape index (κ3) is 3.49. The van der Waals surface area contributed by atoms with Crippen molar-refractivity contribution in [1.82, 2.24) is 4.98 Å². The Kier molecular flexibility index (Phi) is 4.29. The van der Waals surface area contributed by atoms with Crippen LogP contribution < -0.4 is 11.1 Å². The van der Waals surface area contributed by atoms with Gasteiger partial charge in [0.15, 0.2) is 5.13 Å². The van der Waals surface area contributed by atoms with Gasteiger partial charge in [0.2, 0.25) is 0 Å². The van der Waals surface area contributed by atoms with Crippen LogP contribution in [0.15, 0.2) is 29.6 Å². The van der Waals surface area contributed by atoms with E-state index in [1.165, 1.54) is 0 Å². The first kappa shape index (κ1) is 14.8. The first-order valence-electron chi connectivity index (χ1n) is 5.98. The monoisotopic (exact) mass is 301 g/mol. The maximum atomic E-state index is 12.5. The van der Waals surface area contributed by atoms with Gasteiger partial charge in [-0.25, -0.2) is 4.98 Å². The number of nitrogens with two attached hydrogens (primary N) is 1. The number of halogens is 3. The molecule has 1 atom stereocenters. The molecule has 0 bridgehead atoms. The maximum absolute atomic E-state index is 12.5. The Hall–Kier alpha value is -1.60. The molecule has 0 spiro atoms. The third-order valence-electron chi connectivity index (χ3n) is 2.82. The molecule has 1 heterocycles. The van der Waals surface area contributed by atoms with E-state index >= 15 is 0 Å². The number of hydrogen-bond acceptors (Lipinski definition) is 4. The van der Waals surface area contributed by atoms with Gasteiger partial charge in [-0.15, -0.1) is 11.3 Å². The van der Waals surface area contributed by atoms with Gasteiger partial charge >= 0.3 is 6.18 Å². The predicted octanol–water partition coefficient (Wildman–Crippen LogP) is 3.63. The molecule has 0 fully saturated rings. The highest BCUT2D eigenvalue weighted by Crippen LogP contribution is 2.28. The van der Waals surface area contributed by atoms with Crippen LogP contribution in [0.4, 0.5) is 18.3 Å². The van der Waals surface area contributed by atoms with Crippen LogP contribution in [0.3, 0.4) is 0 Å². The third-order valence-corrected chi connectivity index (χ3v) is 3.59. The lowest BCUT2D eigenvalue weighted by Crippen LogP contribution is -2.32. The lowest BCUT2D eigenvalue weighted by atomic mass is 10.1. The number of rotatable bonds is 4. The van der Waals surface area contributed by atoms with E-state index in [1.807, 2.05) is 24.3 Å². The molecule has 108 valence electrons. The van der Waals surface area contributed by atoms with Crippen molar-refractivity contribution in [2.45, 2.75) is 25.7 Å². The zero-order valence-corrected chi connectivity index (χ0v) is 11.6. The van der Waals surface area contributed by atoms with Crippen molar-refractivity contribution in [3.63, 3.8) is 0 Å². The van der Waals surface area contributed by atoms with E-state index < -0.39 is 12.2 Å². The molecule has 20 heavy (non-hydrogen) atoms. The molecule has 3 N–H and O–H groups in total. The molecule has 0 aliphatic carbocycles. The van der Waals surface area contributed by atoms with Crippen LogP contribution in [-0.2, 0) is 6.54 Å². The van der Waals surface area contributed by atoms with Crippen molar-refractivity contribution in [2.75, 3.05) is 5.32 Å². The minimum absolute atomic E-state index is 0.257. The highest BCUT2D eigenvalue weighted by molar-refractivity contribution is 7.14. The van der Waals surface area contributed by atoms with Crippen molar-refractivity contribution in [2.24, 2.45) is 5.73 Å². The molecule has 0 amide bonds. The Balaban J connectivity index is 2.12. The fourth-order valence-electron chi connectivity index (χ4n) is 1.55. The fourth-order valence-corrected chi connectivity index (χ4v) is 2.36. The van der Waals surface area contributed by atoms with Gasteiger partial charge in [0.1, 0.15) is 6.04 Å². The summed E-state index contributed by atoms with van der Waals surface area (Å²) in [5.74, 6) is 0. The Labute approximate surface area is 118 Å².